The van der Waals surface area contributed by atoms with Crippen LogP contribution in [0, 0.1) is 0 Å². The quantitative estimate of drug-likeness (QED) is 0.272. The summed E-state index contributed by atoms with van der Waals surface area (Å²) in [4.78, 5) is 0. The van der Waals surface area contributed by atoms with Crippen molar-refractivity contribution in [2.24, 2.45) is 10.9 Å². The van der Waals surface area contributed by atoms with Gasteiger partial charge in [-0.05, 0) is 13.8 Å². The molecule has 1 atom stereocenters. The van der Waals surface area contributed by atoms with Crippen molar-refractivity contribution in [3.05, 3.63) is 12.2 Å². The van der Waals surface area contributed by atoms with Crippen molar-refractivity contribution in [3.63, 3.8) is 0 Å². The number of hydrogen-bond acceptors (Lipinski definition) is 5. The summed E-state index contributed by atoms with van der Waals surface area (Å²) in [6.07, 6.45) is 2.20. The Labute approximate surface area is 94.3 Å². The van der Waals surface area contributed by atoms with E-state index in [-0.39, 0.29) is 11.9 Å². The molecule has 0 bridgehead atoms. The monoisotopic (exact) mass is 226 g/mol. The maximum absolute atomic E-state index is 8.43. The summed E-state index contributed by atoms with van der Waals surface area (Å²) in [6, 6.07) is 0.123. The SMILES string of the molecule is CCn1cnnc1CNC(C)CC(N)=NO. The van der Waals surface area contributed by atoms with Crippen LogP contribution in [0.5, 0.6) is 0 Å². The number of amidine groups is 1. The number of nitrogens with zero attached hydrogens (tertiary/aromatic N) is 4. The number of aromatic nitrogens is 3. The normalized spacial score (nSPS) is 14.0. The Hall–Kier alpha value is -1.63. The van der Waals surface area contributed by atoms with Crippen LogP contribution in [0.3, 0.4) is 0 Å². The summed E-state index contributed by atoms with van der Waals surface area (Å²) < 4.78 is 1.96. The van der Waals surface area contributed by atoms with E-state index in [0.29, 0.717) is 13.0 Å². The maximum Gasteiger partial charge on any atom is 0.146 e. The maximum atomic E-state index is 8.43. The van der Waals surface area contributed by atoms with Crippen molar-refractivity contribution < 1.29 is 5.21 Å². The molecule has 0 aliphatic carbocycles. The van der Waals surface area contributed by atoms with E-state index in [2.05, 4.69) is 20.7 Å². The first kappa shape index (κ1) is 12.4. The van der Waals surface area contributed by atoms with Gasteiger partial charge in [0, 0.05) is 19.0 Å². The molecule has 1 unspecified atom stereocenters. The Balaban J connectivity index is 2.39. The third-order valence-corrected chi connectivity index (χ3v) is 2.29. The van der Waals surface area contributed by atoms with E-state index < -0.39 is 0 Å². The minimum atomic E-state index is 0.123. The molecular weight excluding hydrogens is 208 g/mol. The van der Waals surface area contributed by atoms with Gasteiger partial charge in [-0.15, -0.1) is 10.2 Å². The van der Waals surface area contributed by atoms with Crippen molar-refractivity contribution in [1.29, 1.82) is 0 Å². The van der Waals surface area contributed by atoms with Gasteiger partial charge in [0.25, 0.3) is 0 Å². The molecule has 0 aliphatic rings. The predicted molar refractivity (Wildman–Crippen MR) is 60.0 cm³/mol. The molecule has 7 heteroatoms. The molecule has 0 fully saturated rings. The highest BCUT2D eigenvalue weighted by Gasteiger charge is 2.07. The van der Waals surface area contributed by atoms with E-state index in [9.17, 15) is 0 Å². The fourth-order valence-corrected chi connectivity index (χ4v) is 1.37. The summed E-state index contributed by atoms with van der Waals surface area (Å²) in [5, 5.41) is 22.4. The van der Waals surface area contributed by atoms with E-state index in [1.807, 2.05) is 18.4 Å². The number of nitrogens with one attached hydrogen (secondary N) is 1. The van der Waals surface area contributed by atoms with Crippen LogP contribution in [0.1, 0.15) is 26.1 Å². The lowest BCUT2D eigenvalue weighted by Crippen LogP contribution is -2.31. The summed E-state index contributed by atoms with van der Waals surface area (Å²) >= 11 is 0. The smallest absolute Gasteiger partial charge is 0.146 e. The molecule has 0 radical (unpaired) electrons. The zero-order valence-electron chi connectivity index (χ0n) is 9.59. The lowest BCUT2D eigenvalue weighted by molar-refractivity contribution is 0.315. The van der Waals surface area contributed by atoms with Crippen LogP contribution in [0.4, 0.5) is 0 Å². The van der Waals surface area contributed by atoms with Gasteiger partial charge in [-0.1, -0.05) is 5.16 Å². The minimum Gasteiger partial charge on any atom is -0.409 e. The Morgan fingerprint density at radius 1 is 1.75 bits per heavy atom. The number of hydrogen-bond donors (Lipinski definition) is 3. The molecule has 0 saturated heterocycles. The van der Waals surface area contributed by atoms with Crippen molar-refractivity contribution in [2.45, 2.75) is 39.4 Å². The average Bonchev–Trinajstić information content (AvgIpc) is 2.73. The number of oxime groups is 1. The fraction of sp³-hybridized carbons (Fsp3) is 0.667. The summed E-state index contributed by atoms with van der Waals surface area (Å²) in [6.45, 7) is 5.46. The van der Waals surface area contributed by atoms with E-state index in [1.165, 1.54) is 0 Å². The standard InChI is InChI=1S/C9H18N6O/c1-3-15-6-12-13-9(15)5-11-7(2)4-8(10)14-16/h6-7,11,16H,3-5H2,1-2H3,(H2,10,14). The highest BCUT2D eigenvalue weighted by atomic mass is 16.4. The van der Waals surface area contributed by atoms with Crippen LogP contribution in [-0.4, -0.2) is 31.8 Å². The van der Waals surface area contributed by atoms with Gasteiger partial charge in [0.1, 0.15) is 18.0 Å². The van der Waals surface area contributed by atoms with Gasteiger partial charge >= 0.3 is 0 Å². The molecule has 0 aliphatic heterocycles. The topological polar surface area (TPSA) is 101 Å². The molecular formula is C9H18N6O. The van der Waals surface area contributed by atoms with Gasteiger partial charge in [0.2, 0.25) is 0 Å². The number of aryl methyl sites for hydroxylation is 1. The molecule has 7 nitrogen and oxygen atoms in total. The molecule has 1 aromatic heterocycles. The highest BCUT2D eigenvalue weighted by Crippen LogP contribution is 1.97. The van der Waals surface area contributed by atoms with E-state index in [1.54, 1.807) is 6.33 Å². The second kappa shape index (κ2) is 6.06. The van der Waals surface area contributed by atoms with Crippen LogP contribution in [0.15, 0.2) is 11.5 Å². The number of nitrogens with two attached hydrogens (primary N) is 1. The Morgan fingerprint density at radius 3 is 3.12 bits per heavy atom. The Bertz CT molecular complexity index is 348. The lowest BCUT2D eigenvalue weighted by Gasteiger charge is -2.12. The van der Waals surface area contributed by atoms with Crippen molar-refractivity contribution in [1.82, 2.24) is 20.1 Å². The average molecular weight is 226 g/mol. The van der Waals surface area contributed by atoms with Gasteiger partial charge in [-0.3, -0.25) is 0 Å². The first-order valence-corrected chi connectivity index (χ1v) is 5.23. The molecule has 1 rings (SSSR count). The van der Waals surface area contributed by atoms with Crippen LogP contribution in [0.2, 0.25) is 0 Å². The third kappa shape index (κ3) is 3.50. The minimum absolute atomic E-state index is 0.123. The first-order chi connectivity index (χ1) is 7.67. The van der Waals surface area contributed by atoms with Gasteiger partial charge in [0.05, 0.1) is 6.54 Å². The Kier molecular flexibility index (Phi) is 4.71. The molecule has 1 aromatic rings. The molecule has 0 amide bonds. The van der Waals surface area contributed by atoms with E-state index >= 15 is 0 Å². The Morgan fingerprint density at radius 2 is 2.50 bits per heavy atom. The van der Waals surface area contributed by atoms with Crippen molar-refractivity contribution in [3.8, 4) is 0 Å². The molecule has 0 spiro atoms. The third-order valence-electron chi connectivity index (χ3n) is 2.29. The van der Waals surface area contributed by atoms with E-state index in [0.717, 1.165) is 12.4 Å². The lowest BCUT2D eigenvalue weighted by atomic mass is 10.2. The van der Waals surface area contributed by atoms with Crippen molar-refractivity contribution >= 4 is 5.84 Å². The van der Waals surface area contributed by atoms with E-state index in [4.69, 9.17) is 10.9 Å². The predicted octanol–water partition coefficient (Wildman–Crippen LogP) is -0.0874. The van der Waals surface area contributed by atoms with Crippen LogP contribution in [-0.2, 0) is 13.1 Å². The van der Waals surface area contributed by atoms with Gasteiger partial charge in [-0.2, -0.15) is 0 Å². The molecule has 4 N–H and O–H groups in total. The zero-order valence-corrected chi connectivity index (χ0v) is 9.59. The summed E-state index contributed by atoms with van der Waals surface area (Å²) in [7, 11) is 0. The molecule has 1 heterocycles. The zero-order chi connectivity index (χ0) is 12.0. The van der Waals surface area contributed by atoms with Crippen molar-refractivity contribution in [2.75, 3.05) is 0 Å². The van der Waals surface area contributed by atoms with Crippen LogP contribution >= 0.6 is 0 Å². The molecule has 90 valence electrons. The molecule has 0 aromatic carbocycles. The molecule has 0 saturated carbocycles. The van der Waals surface area contributed by atoms with Crippen LogP contribution in [0.25, 0.3) is 0 Å². The molecule has 16 heavy (non-hydrogen) atoms. The summed E-state index contributed by atoms with van der Waals surface area (Å²) in [5.41, 5.74) is 5.41. The van der Waals surface area contributed by atoms with Crippen LogP contribution < -0.4 is 11.1 Å². The highest BCUT2D eigenvalue weighted by molar-refractivity contribution is 5.80. The van der Waals surface area contributed by atoms with Gasteiger partial charge in [-0.25, -0.2) is 0 Å². The second-order valence-electron chi connectivity index (χ2n) is 3.61. The number of rotatable bonds is 6. The first-order valence-electron chi connectivity index (χ1n) is 5.23. The largest absolute Gasteiger partial charge is 0.409 e. The van der Waals surface area contributed by atoms with Gasteiger partial charge in [0.15, 0.2) is 0 Å². The second-order valence-corrected chi connectivity index (χ2v) is 3.61. The fourth-order valence-electron chi connectivity index (χ4n) is 1.37. The summed E-state index contributed by atoms with van der Waals surface area (Å²) in [5.74, 6) is 1.10. The van der Waals surface area contributed by atoms with Gasteiger partial charge < -0.3 is 20.8 Å².